The Bertz CT molecular complexity index is 676. The Morgan fingerprint density at radius 1 is 0.486 bits per heavy atom. The van der Waals surface area contributed by atoms with Crippen LogP contribution in [0, 0.1) is 45.3 Å². The molecule has 0 fully saturated rings. The van der Waals surface area contributed by atoms with Crippen molar-refractivity contribution in [1.82, 2.24) is 0 Å². The Labute approximate surface area is 233 Å². The molecule has 0 aliphatic heterocycles. The fraction of sp³-hybridized carbons (Fsp3) is 0.879. The SMILES string of the molecule is C.CC(=O)C(C)(C)C(C)C.CC(=O)C(C)C.CC(C)C(=O)C(C)(C)C.CC(C)C(C)(C)C(=O)C(C)(C)C. The molecule has 0 spiro atoms. The summed E-state index contributed by atoms with van der Waals surface area (Å²) in [5.74, 6) is 2.45. The normalized spacial score (nSPS) is 11.9. The van der Waals surface area contributed by atoms with Gasteiger partial charge in [0.2, 0.25) is 0 Å². The summed E-state index contributed by atoms with van der Waals surface area (Å²) in [6.07, 6.45) is 0. The standard InChI is InChI=1S/C11H22O.2C8H16O.C5H10O.CH4/c1-8(2)11(6,7)9(12)10(3,4)5;1-6(2)7(9)8(3,4)5;1-6(2)8(4,5)7(3)9;1-4(2)5(3)6;/h8H,1-7H3;2*6H,1-5H3;4H,1-3H3;1H4. The van der Waals surface area contributed by atoms with Crippen molar-refractivity contribution in [3.63, 3.8) is 0 Å². The zero-order chi connectivity index (χ0) is 30.6. The molecular formula is C33H68O4. The summed E-state index contributed by atoms with van der Waals surface area (Å²) >= 11 is 0. The second kappa shape index (κ2) is 18.1. The first-order valence-electron chi connectivity index (χ1n) is 13.6. The van der Waals surface area contributed by atoms with Crippen molar-refractivity contribution in [3.05, 3.63) is 0 Å². The molecule has 0 unspecified atom stereocenters. The summed E-state index contributed by atoms with van der Waals surface area (Å²) in [5, 5.41) is 0. The van der Waals surface area contributed by atoms with Gasteiger partial charge in [-0.2, -0.15) is 0 Å². The molecule has 0 aromatic heterocycles. The Kier molecular flexibility index (Phi) is 22.2. The van der Waals surface area contributed by atoms with Crippen LogP contribution in [0.2, 0.25) is 0 Å². The first-order valence-corrected chi connectivity index (χ1v) is 13.6. The van der Waals surface area contributed by atoms with E-state index < -0.39 is 0 Å². The molecule has 0 aromatic rings. The van der Waals surface area contributed by atoms with E-state index in [0.29, 0.717) is 23.4 Å². The molecule has 4 nitrogen and oxygen atoms in total. The van der Waals surface area contributed by atoms with Gasteiger partial charge < -0.3 is 0 Å². The lowest BCUT2D eigenvalue weighted by molar-refractivity contribution is -0.137. The molecule has 0 saturated carbocycles. The number of hydrogen-bond acceptors (Lipinski definition) is 4. The van der Waals surface area contributed by atoms with Crippen LogP contribution in [0.5, 0.6) is 0 Å². The smallest absolute Gasteiger partial charge is 0.144 e. The molecule has 0 atom stereocenters. The van der Waals surface area contributed by atoms with Gasteiger partial charge in [0.1, 0.15) is 23.1 Å². The molecule has 37 heavy (non-hydrogen) atoms. The fourth-order valence-electron chi connectivity index (χ4n) is 2.50. The van der Waals surface area contributed by atoms with Gasteiger partial charge in [-0.05, 0) is 25.7 Å². The van der Waals surface area contributed by atoms with Crippen molar-refractivity contribution >= 4 is 23.1 Å². The number of carbonyl (C=O) groups is 4. The Morgan fingerprint density at radius 3 is 0.784 bits per heavy atom. The molecule has 0 amide bonds. The second-order valence-electron chi connectivity index (χ2n) is 14.4. The topological polar surface area (TPSA) is 68.3 Å². The van der Waals surface area contributed by atoms with Gasteiger partial charge in [-0.3, -0.25) is 19.2 Å². The van der Waals surface area contributed by atoms with Gasteiger partial charge in [-0.1, -0.05) is 132 Å². The lowest BCUT2D eigenvalue weighted by Gasteiger charge is -2.33. The van der Waals surface area contributed by atoms with Crippen LogP contribution in [0.25, 0.3) is 0 Å². The van der Waals surface area contributed by atoms with E-state index in [4.69, 9.17) is 0 Å². The van der Waals surface area contributed by atoms with E-state index in [1.165, 1.54) is 0 Å². The van der Waals surface area contributed by atoms with Crippen molar-refractivity contribution in [2.45, 2.75) is 146 Å². The maximum Gasteiger partial charge on any atom is 0.144 e. The van der Waals surface area contributed by atoms with E-state index in [1.54, 1.807) is 13.8 Å². The summed E-state index contributed by atoms with van der Waals surface area (Å²) in [6, 6.07) is 0. The number of ketones is 4. The number of Topliss-reactive ketones (excluding diaryl/α,β-unsaturated/α-hetero) is 4. The second-order valence-corrected chi connectivity index (χ2v) is 14.4. The van der Waals surface area contributed by atoms with Crippen LogP contribution in [0.15, 0.2) is 0 Å². The molecule has 0 bridgehead atoms. The number of rotatable bonds is 6. The maximum absolute atomic E-state index is 11.9. The van der Waals surface area contributed by atoms with Crippen molar-refractivity contribution in [2.24, 2.45) is 45.3 Å². The van der Waals surface area contributed by atoms with Crippen molar-refractivity contribution in [1.29, 1.82) is 0 Å². The van der Waals surface area contributed by atoms with Crippen molar-refractivity contribution < 1.29 is 19.2 Å². The minimum absolute atomic E-state index is 0. The number of hydrogen-bond donors (Lipinski definition) is 0. The zero-order valence-corrected chi connectivity index (χ0v) is 27.9. The fourth-order valence-corrected chi connectivity index (χ4v) is 2.50. The predicted octanol–water partition coefficient (Wildman–Crippen LogP) is 9.67. The summed E-state index contributed by atoms with van der Waals surface area (Å²) in [6.45, 7) is 39.1. The highest BCUT2D eigenvalue weighted by atomic mass is 16.1. The first kappa shape index (κ1) is 45.6. The average Bonchev–Trinajstić information content (AvgIpc) is 2.66. The molecule has 0 aliphatic carbocycles. The van der Waals surface area contributed by atoms with E-state index in [9.17, 15) is 19.2 Å². The third kappa shape index (κ3) is 20.3. The molecular weight excluding hydrogens is 460 g/mol. The summed E-state index contributed by atoms with van der Waals surface area (Å²) in [5.41, 5.74) is -0.708. The van der Waals surface area contributed by atoms with Crippen LogP contribution in [-0.2, 0) is 19.2 Å². The Hall–Kier alpha value is -1.32. The van der Waals surface area contributed by atoms with Crippen LogP contribution < -0.4 is 0 Å². The van der Waals surface area contributed by atoms with Gasteiger partial charge in [-0.15, -0.1) is 0 Å². The van der Waals surface area contributed by atoms with Crippen LogP contribution in [0.1, 0.15) is 146 Å². The molecule has 224 valence electrons. The highest BCUT2D eigenvalue weighted by Crippen LogP contribution is 2.35. The first-order chi connectivity index (χ1) is 15.5. The Balaban J connectivity index is -0.000000125. The van der Waals surface area contributed by atoms with Crippen LogP contribution in [0.3, 0.4) is 0 Å². The van der Waals surface area contributed by atoms with E-state index in [-0.39, 0.29) is 52.5 Å². The molecule has 0 rings (SSSR count). The monoisotopic (exact) mass is 529 g/mol. The highest BCUT2D eigenvalue weighted by Gasteiger charge is 2.38. The molecule has 0 saturated heterocycles. The van der Waals surface area contributed by atoms with Gasteiger partial charge in [0.05, 0.1) is 0 Å². The van der Waals surface area contributed by atoms with Crippen molar-refractivity contribution in [2.75, 3.05) is 0 Å². The molecule has 0 aliphatic rings. The molecule has 4 heteroatoms. The van der Waals surface area contributed by atoms with E-state index >= 15 is 0 Å². The van der Waals surface area contributed by atoms with E-state index in [2.05, 4.69) is 27.7 Å². The largest absolute Gasteiger partial charge is 0.300 e. The lowest BCUT2D eigenvalue weighted by atomic mass is 9.69. The predicted molar refractivity (Wildman–Crippen MR) is 164 cm³/mol. The minimum Gasteiger partial charge on any atom is -0.300 e. The minimum atomic E-state index is -0.215. The van der Waals surface area contributed by atoms with Gasteiger partial charge in [0.25, 0.3) is 0 Å². The molecule has 0 aromatic carbocycles. The van der Waals surface area contributed by atoms with Gasteiger partial charge in [-0.25, -0.2) is 0 Å². The molecule has 0 radical (unpaired) electrons. The van der Waals surface area contributed by atoms with Gasteiger partial charge >= 0.3 is 0 Å². The number of carbonyl (C=O) groups excluding carboxylic acids is 4. The van der Waals surface area contributed by atoms with E-state index in [0.717, 1.165) is 0 Å². The lowest BCUT2D eigenvalue weighted by Crippen LogP contribution is -2.38. The van der Waals surface area contributed by atoms with Crippen LogP contribution in [-0.4, -0.2) is 23.1 Å². The molecule has 0 heterocycles. The Morgan fingerprint density at radius 2 is 0.757 bits per heavy atom. The van der Waals surface area contributed by atoms with Gasteiger partial charge in [0, 0.05) is 33.5 Å². The van der Waals surface area contributed by atoms with Crippen LogP contribution in [0.4, 0.5) is 0 Å². The summed E-state index contributed by atoms with van der Waals surface area (Å²) in [4.78, 5) is 44.1. The molecule has 0 N–H and O–H groups in total. The zero-order valence-electron chi connectivity index (χ0n) is 27.9. The van der Waals surface area contributed by atoms with E-state index in [1.807, 2.05) is 96.9 Å². The third-order valence-corrected chi connectivity index (χ3v) is 7.14. The summed E-state index contributed by atoms with van der Waals surface area (Å²) < 4.78 is 0. The third-order valence-electron chi connectivity index (χ3n) is 7.14. The van der Waals surface area contributed by atoms with Crippen LogP contribution >= 0.6 is 0 Å². The highest BCUT2D eigenvalue weighted by molar-refractivity contribution is 5.89. The maximum atomic E-state index is 11.9. The quantitative estimate of drug-likeness (QED) is 0.344. The van der Waals surface area contributed by atoms with Gasteiger partial charge in [0.15, 0.2) is 0 Å². The summed E-state index contributed by atoms with van der Waals surface area (Å²) in [7, 11) is 0. The average molecular weight is 529 g/mol. The van der Waals surface area contributed by atoms with Crippen molar-refractivity contribution in [3.8, 4) is 0 Å².